The fraction of sp³-hybridized carbons (Fsp3) is 0.545. The Bertz CT molecular complexity index is 368. The van der Waals surface area contributed by atoms with Crippen LogP contribution in [0.5, 0.6) is 0 Å². The minimum atomic E-state index is 0.416. The normalized spacial score (nSPS) is 12.1. The number of hydrogen-bond acceptors (Lipinski definition) is 2. The van der Waals surface area contributed by atoms with Gasteiger partial charge >= 0.3 is 5.84 Å². The Morgan fingerprint density at radius 3 is 2.36 bits per heavy atom. The van der Waals surface area contributed by atoms with Crippen LogP contribution in [0.4, 0.5) is 0 Å². The number of hydrogen-bond donors (Lipinski definition) is 0. The van der Waals surface area contributed by atoms with Crippen LogP contribution in [0.2, 0.25) is 0 Å². The van der Waals surface area contributed by atoms with Crippen LogP contribution in [0.1, 0.15) is 51.0 Å². The molecule has 0 aliphatic carbocycles. The Labute approximate surface area is 83.8 Å². The number of oxazole rings is 1. The summed E-state index contributed by atoms with van der Waals surface area (Å²) in [5.74, 6) is 2.56. The zero-order valence-corrected chi connectivity index (χ0v) is 9.11. The van der Waals surface area contributed by atoms with Crippen LogP contribution in [0.25, 0.3) is 5.84 Å². The SMILES string of the molecule is CC(C)c1cn2cc(C(C)C)oc2n1. The highest BCUT2D eigenvalue weighted by molar-refractivity contribution is 5.30. The summed E-state index contributed by atoms with van der Waals surface area (Å²) in [6.45, 7) is 8.49. The molecular formula is C11H16N2O. The van der Waals surface area contributed by atoms with Crippen molar-refractivity contribution in [3.8, 4) is 0 Å². The maximum absolute atomic E-state index is 5.61. The molecule has 0 amide bonds. The van der Waals surface area contributed by atoms with Crippen molar-refractivity contribution in [1.82, 2.24) is 9.38 Å². The fourth-order valence-corrected chi connectivity index (χ4v) is 1.38. The molecule has 2 rings (SSSR count). The van der Waals surface area contributed by atoms with Gasteiger partial charge in [0.15, 0.2) is 0 Å². The third-order valence-corrected chi connectivity index (χ3v) is 2.35. The summed E-state index contributed by atoms with van der Waals surface area (Å²) < 4.78 is 7.58. The van der Waals surface area contributed by atoms with Crippen LogP contribution >= 0.6 is 0 Å². The van der Waals surface area contributed by atoms with Gasteiger partial charge in [0.25, 0.3) is 0 Å². The van der Waals surface area contributed by atoms with E-state index in [1.54, 1.807) is 0 Å². The first-order valence-electron chi connectivity index (χ1n) is 5.06. The molecule has 2 heterocycles. The fourth-order valence-electron chi connectivity index (χ4n) is 1.38. The molecule has 2 aromatic heterocycles. The number of fused-ring (bicyclic) bond motifs is 1. The van der Waals surface area contributed by atoms with Gasteiger partial charge in [0.2, 0.25) is 0 Å². The van der Waals surface area contributed by atoms with E-state index in [1.165, 1.54) is 0 Å². The molecule has 0 bridgehead atoms. The molecular weight excluding hydrogens is 176 g/mol. The molecule has 3 nitrogen and oxygen atoms in total. The van der Waals surface area contributed by atoms with Crippen LogP contribution in [-0.4, -0.2) is 9.38 Å². The Morgan fingerprint density at radius 2 is 1.86 bits per heavy atom. The Morgan fingerprint density at radius 1 is 1.14 bits per heavy atom. The molecule has 0 unspecified atom stereocenters. The van der Waals surface area contributed by atoms with Crippen LogP contribution < -0.4 is 0 Å². The lowest BCUT2D eigenvalue weighted by Crippen LogP contribution is -1.86. The van der Waals surface area contributed by atoms with Crippen molar-refractivity contribution in [3.63, 3.8) is 0 Å². The quantitative estimate of drug-likeness (QED) is 0.731. The van der Waals surface area contributed by atoms with Crippen molar-refractivity contribution in [2.24, 2.45) is 0 Å². The first kappa shape index (κ1) is 9.31. The summed E-state index contributed by atoms with van der Waals surface area (Å²) in [4.78, 5) is 4.41. The van der Waals surface area contributed by atoms with E-state index < -0.39 is 0 Å². The first-order chi connectivity index (χ1) is 6.58. The molecule has 0 saturated carbocycles. The standard InChI is InChI=1S/C11H16N2O/c1-7(2)9-5-13-6-10(8(3)4)14-11(13)12-9/h5-8H,1-4H3. The summed E-state index contributed by atoms with van der Waals surface area (Å²) in [5, 5.41) is 0. The second-order valence-corrected chi connectivity index (χ2v) is 4.30. The molecule has 0 radical (unpaired) electrons. The second kappa shape index (κ2) is 3.15. The molecule has 14 heavy (non-hydrogen) atoms. The Balaban J connectivity index is 2.45. The van der Waals surface area contributed by atoms with Crippen molar-refractivity contribution in [3.05, 3.63) is 23.8 Å². The van der Waals surface area contributed by atoms with Gasteiger partial charge in [0, 0.05) is 12.1 Å². The van der Waals surface area contributed by atoms with Crippen LogP contribution in [0.3, 0.4) is 0 Å². The zero-order valence-electron chi connectivity index (χ0n) is 9.11. The van der Waals surface area contributed by atoms with E-state index in [9.17, 15) is 0 Å². The molecule has 0 atom stereocenters. The topological polar surface area (TPSA) is 30.4 Å². The van der Waals surface area contributed by atoms with Gasteiger partial charge in [-0.25, -0.2) is 0 Å². The van der Waals surface area contributed by atoms with Crippen molar-refractivity contribution < 1.29 is 4.42 Å². The lowest BCUT2D eigenvalue weighted by atomic mass is 10.1. The molecule has 2 aromatic rings. The smallest absolute Gasteiger partial charge is 0.306 e. The van der Waals surface area contributed by atoms with Crippen molar-refractivity contribution in [2.75, 3.05) is 0 Å². The largest absolute Gasteiger partial charge is 0.428 e. The monoisotopic (exact) mass is 192 g/mol. The molecule has 0 aromatic carbocycles. The Kier molecular flexibility index (Phi) is 2.10. The van der Waals surface area contributed by atoms with Crippen LogP contribution in [-0.2, 0) is 0 Å². The number of nitrogens with zero attached hydrogens (tertiary/aromatic N) is 2. The molecule has 0 aliphatic rings. The maximum atomic E-state index is 5.61. The molecule has 76 valence electrons. The van der Waals surface area contributed by atoms with E-state index in [1.807, 2.05) is 16.8 Å². The molecule has 0 N–H and O–H groups in total. The maximum Gasteiger partial charge on any atom is 0.306 e. The van der Waals surface area contributed by atoms with Crippen LogP contribution in [0.15, 0.2) is 16.8 Å². The average molecular weight is 192 g/mol. The summed E-state index contributed by atoms with van der Waals surface area (Å²) in [7, 11) is 0. The van der Waals surface area contributed by atoms with Crippen LogP contribution in [0, 0.1) is 0 Å². The summed E-state index contributed by atoms with van der Waals surface area (Å²) in [5.41, 5.74) is 1.08. The summed E-state index contributed by atoms with van der Waals surface area (Å²) in [6.07, 6.45) is 4.05. The van der Waals surface area contributed by atoms with E-state index in [0.717, 1.165) is 11.5 Å². The third kappa shape index (κ3) is 1.43. The second-order valence-electron chi connectivity index (χ2n) is 4.30. The minimum Gasteiger partial charge on any atom is -0.428 e. The minimum absolute atomic E-state index is 0.416. The molecule has 3 heteroatoms. The van der Waals surface area contributed by atoms with Crippen molar-refractivity contribution in [2.45, 2.75) is 39.5 Å². The molecule has 0 spiro atoms. The molecule has 0 saturated heterocycles. The first-order valence-corrected chi connectivity index (χ1v) is 5.06. The van der Waals surface area contributed by atoms with Gasteiger partial charge in [-0.3, -0.25) is 4.40 Å². The Hall–Kier alpha value is -1.25. The van der Waals surface area contributed by atoms with E-state index in [2.05, 4.69) is 32.7 Å². The van der Waals surface area contributed by atoms with Crippen molar-refractivity contribution >= 4 is 5.84 Å². The summed E-state index contributed by atoms with van der Waals surface area (Å²) in [6, 6.07) is 0. The van der Waals surface area contributed by atoms with Crippen molar-refractivity contribution in [1.29, 1.82) is 0 Å². The van der Waals surface area contributed by atoms with Gasteiger partial charge in [0.05, 0.1) is 11.9 Å². The highest BCUT2D eigenvalue weighted by Gasteiger charge is 2.11. The van der Waals surface area contributed by atoms with Gasteiger partial charge in [-0.2, -0.15) is 4.98 Å². The molecule has 0 fully saturated rings. The van der Waals surface area contributed by atoms with Gasteiger partial charge < -0.3 is 4.42 Å². The van der Waals surface area contributed by atoms with E-state index >= 15 is 0 Å². The summed E-state index contributed by atoms with van der Waals surface area (Å²) >= 11 is 0. The number of imidazole rings is 1. The van der Waals surface area contributed by atoms with Gasteiger partial charge in [-0.1, -0.05) is 27.7 Å². The lowest BCUT2D eigenvalue weighted by Gasteiger charge is -1.97. The average Bonchev–Trinajstić information content (AvgIpc) is 2.57. The predicted octanol–water partition coefficient (Wildman–Crippen LogP) is 3.17. The number of rotatable bonds is 2. The lowest BCUT2D eigenvalue weighted by molar-refractivity contribution is 0.510. The van der Waals surface area contributed by atoms with Gasteiger partial charge in [-0.05, 0) is 5.92 Å². The highest BCUT2D eigenvalue weighted by atomic mass is 16.4. The van der Waals surface area contributed by atoms with E-state index in [0.29, 0.717) is 17.7 Å². The number of aromatic nitrogens is 2. The van der Waals surface area contributed by atoms with Gasteiger partial charge in [0.1, 0.15) is 5.76 Å². The molecule has 0 aliphatic heterocycles. The van der Waals surface area contributed by atoms with E-state index in [4.69, 9.17) is 4.42 Å². The third-order valence-electron chi connectivity index (χ3n) is 2.35. The van der Waals surface area contributed by atoms with Gasteiger partial charge in [-0.15, -0.1) is 0 Å². The van der Waals surface area contributed by atoms with E-state index in [-0.39, 0.29) is 0 Å². The zero-order chi connectivity index (χ0) is 10.3. The highest BCUT2D eigenvalue weighted by Crippen LogP contribution is 2.20. The predicted molar refractivity (Wildman–Crippen MR) is 55.6 cm³/mol.